The highest BCUT2D eigenvalue weighted by molar-refractivity contribution is 7.84. The van der Waals surface area contributed by atoms with Gasteiger partial charge in [-0.1, -0.05) is 19.1 Å². The van der Waals surface area contributed by atoms with Crippen LogP contribution in [0.4, 0.5) is 5.69 Å². The number of rotatable bonds is 6. The molecule has 1 N–H and O–H groups in total. The minimum atomic E-state index is -0.710. The summed E-state index contributed by atoms with van der Waals surface area (Å²) in [7, 11) is 1.46. The van der Waals surface area contributed by atoms with E-state index >= 15 is 0 Å². The second kappa shape index (κ2) is 7.23. The third-order valence-electron chi connectivity index (χ3n) is 4.12. The number of anilines is 1. The summed E-state index contributed by atoms with van der Waals surface area (Å²) >= 11 is 0. The smallest absolute Gasteiger partial charge is 0.0396 e. The van der Waals surface area contributed by atoms with Crippen molar-refractivity contribution < 1.29 is 4.21 Å². The van der Waals surface area contributed by atoms with E-state index in [0.717, 1.165) is 26.1 Å². The molecule has 1 heterocycles. The molecule has 2 atom stereocenters. The minimum Gasteiger partial charge on any atom is -0.374 e. The average Bonchev–Trinajstić information content (AvgIpc) is 2.43. The fraction of sp³-hybridized carbons (Fsp3) is 0.625. The molecule has 0 saturated carbocycles. The number of nitrogens with zero attached hydrogens (tertiary/aromatic N) is 1. The van der Waals surface area contributed by atoms with Crippen LogP contribution >= 0.6 is 0 Å². The summed E-state index contributed by atoms with van der Waals surface area (Å²) in [6.07, 6.45) is 5.20. The molecule has 2 rings (SSSR count). The molecule has 0 aromatic heterocycles. The van der Waals surface area contributed by atoms with Crippen LogP contribution in [0.15, 0.2) is 18.2 Å². The molecule has 112 valence electrons. The van der Waals surface area contributed by atoms with Gasteiger partial charge in [-0.15, -0.1) is 0 Å². The van der Waals surface area contributed by atoms with Crippen LogP contribution in [-0.2, 0) is 23.8 Å². The van der Waals surface area contributed by atoms with Gasteiger partial charge in [-0.05, 0) is 43.0 Å². The van der Waals surface area contributed by atoms with Crippen LogP contribution in [0.3, 0.4) is 0 Å². The number of fused-ring (bicyclic) bond motifs is 1. The van der Waals surface area contributed by atoms with Gasteiger partial charge in [-0.3, -0.25) is 4.21 Å². The molecule has 3 nitrogen and oxygen atoms in total. The van der Waals surface area contributed by atoms with Crippen molar-refractivity contribution in [2.45, 2.75) is 38.0 Å². The Hall–Kier alpha value is -0.870. The molecule has 2 unspecified atom stereocenters. The summed E-state index contributed by atoms with van der Waals surface area (Å²) in [5.74, 6) is 0. The lowest BCUT2D eigenvalue weighted by atomic mass is 9.99. The predicted molar refractivity (Wildman–Crippen MR) is 87.9 cm³/mol. The molecule has 1 aliphatic rings. The molecule has 1 aliphatic heterocycles. The van der Waals surface area contributed by atoms with Crippen LogP contribution in [0.2, 0.25) is 0 Å². The number of aryl methyl sites for hydroxylation is 1. The van der Waals surface area contributed by atoms with Gasteiger partial charge < -0.3 is 10.2 Å². The fourth-order valence-electron chi connectivity index (χ4n) is 2.65. The average molecular weight is 294 g/mol. The van der Waals surface area contributed by atoms with Crippen molar-refractivity contribution in [3.63, 3.8) is 0 Å². The van der Waals surface area contributed by atoms with E-state index in [0.29, 0.717) is 0 Å². The van der Waals surface area contributed by atoms with Crippen LogP contribution in [0, 0.1) is 0 Å². The molecule has 20 heavy (non-hydrogen) atoms. The number of nitrogens with one attached hydrogen (secondary N) is 1. The van der Waals surface area contributed by atoms with Gasteiger partial charge in [-0.25, -0.2) is 0 Å². The Morgan fingerprint density at radius 3 is 3.00 bits per heavy atom. The van der Waals surface area contributed by atoms with E-state index in [4.69, 9.17) is 0 Å². The van der Waals surface area contributed by atoms with E-state index in [1.807, 2.05) is 6.92 Å². The van der Waals surface area contributed by atoms with E-state index in [1.165, 1.54) is 29.7 Å². The van der Waals surface area contributed by atoms with Crippen molar-refractivity contribution in [1.29, 1.82) is 0 Å². The van der Waals surface area contributed by atoms with Gasteiger partial charge >= 0.3 is 0 Å². The van der Waals surface area contributed by atoms with Crippen LogP contribution in [0.1, 0.15) is 30.9 Å². The quantitative estimate of drug-likeness (QED) is 0.817. The summed E-state index contributed by atoms with van der Waals surface area (Å²) in [5.41, 5.74) is 4.21. The molecule has 0 aliphatic carbocycles. The molecule has 0 spiro atoms. The first-order valence-electron chi connectivity index (χ1n) is 7.44. The second-order valence-electron chi connectivity index (χ2n) is 5.76. The maximum Gasteiger partial charge on any atom is 0.0396 e. The highest BCUT2D eigenvalue weighted by Gasteiger charge is 2.13. The number of hydrogen-bond donors (Lipinski definition) is 1. The molecular formula is C16H26N2OS. The fourth-order valence-corrected chi connectivity index (χ4v) is 3.10. The lowest BCUT2D eigenvalue weighted by Crippen LogP contribution is -2.25. The highest BCUT2D eigenvalue weighted by atomic mass is 32.2. The first-order chi connectivity index (χ1) is 9.58. The van der Waals surface area contributed by atoms with Crippen LogP contribution < -0.4 is 10.2 Å². The molecule has 0 saturated heterocycles. The number of hydrogen-bond acceptors (Lipinski definition) is 3. The second-order valence-corrected chi connectivity index (χ2v) is 7.56. The Morgan fingerprint density at radius 2 is 2.25 bits per heavy atom. The maximum atomic E-state index is 11.3. The zero-order valence-electron chi connectivity index (χ0n) is 12.8. The molecular weight excluding hydrogens is 268 g/mol. The molecule has 0 radical (unpaired) electrons. The Bertz CT molecular complexity index is 476. The molecule has 4 heteroatoms. The Labute approximate surface area is 125 Å². The lowest BCUT2D eigenvalue weighted by Gasteiger charge is -2.27. The van der Waals surface area contributed by atoms with Crippen LogP contribution in [-0.4, -0.2) is 35.9 Å². The largest absolute Gasteiger partial charge is 0.374 e. The molecule has 0 amide bonds. The SMILES string of the molecule is CC(CCNCc1ccc2c(c1)CCCN2C)S(C)=O. The van der Waals surface area contributed by atoms with E-state index in [-0.39, 0.29) is 5.25 Å². The summed E-state index contributed by atoms with van der Waals surface area (Å²) in [6.45, 7) is 5.04. The summed E-state index contributed by atoms with van der Waals surface area (Å²) in [6, 6.07) is 6.80. The van der Waals surface area contributed by atoms with Crippen LogP contribution in [0.25, 0.3) is 0 Å². The van der Waals surface area contributed by atoms with Crippen molar-refractivity contribution in [3.8, 4) is 0 Å². The Morgan fingerprint density at radius 1 is 1.45 bits per heavy atom. The first kappa shape index (κ1) is 15.5. The van der Waals surface area contributed by atoms with Crippen molar-refractivity contribution in [2.24, 2.45) is 0 Å². The van der Waals surface area contributed by atoms with E-state index in [1.54, 1.807) is 6.26 Å². The van der Waals surface area contributed by atoms with Gasteiger partial charge in [0.25, 0.3) is 0 Å². The Balaban J connectivity index is 1.83. The summed E-state index contributed by atoms with van der Waals surface area (Å²) in [5, 5.41) is 3.73. The van der Waals surface area contributed by atoms with Crippen molar-refractivity contribution >= 4 is 16.5 Å². The zero-order valence-corrected chi connectivity index (χ0v) is 13.6. The first-order valence-corrected chi connectivity index (χ1v) is 9.06. The zero-order chi connectivity index (χ0) is 14.5. The lowest BCUT2D eigenvalue weighted by molar-refractivity contribution is 0.628. The van der Waals surface area contributed by atoms with E-state index in [2.05, 4.69) is 35.5 Å². The topological polar surface area (TPSA) is 32.3 Å². The third-order valence-corrected chi connectivity index (χ3v) is 5.49. The predicted octanol–water partition coefficient (Wildman–Crippen LogP) is 2.32. The molecule has 0 fully saturated rings. The third kappa shape index (κ3) is 4.06. The van der Waals surface area contributed by atoms with Crippen molar-refractivity contribution in [3.05, 3.63) is 29.3 Å². The molecule has 1 aromatic carbocycles. The summed E-state index contributed by atoms with van der Waals surface area (Å²) in [4.78, 5) is 2.34. The standard InChI is InChI=1S/C16H26N2OS/c1-13(20(3)19)8-9-17-12-14-6-7-16-15(11-14)5-4-10-18(16)2/h6-7,11,13,17H,4-5,8-10,12H2,1-3H3. The van der Waals surface area contributed by atoms with E-state index in [9.17, 15) is 4.21 Å². The van der Waals surface area contributed by atoms with Gasteiger partial charge in [0.15, 0.2) is 0 Å². The van der Waals surface area contributed by atoms with Gasteiger partial charge in [0.2, 0.25) is 0 Å². The Kier molecular flexibility index (Phi) is 5.61. The van der Waals surface area contributed by atoms with Crippen molar-refractivity contribution in [2.75, 3.05) is 31.3 Å². The molecule has 0 bridgehead atoms. The van der Waals surface area contributed by atoms with Gasteiger partial charge in [0, 0.05) is 48.1 Å². The highest BCUT2D eigenvalue weighted by Crippen LogP contribution is 2.26. The van der Waals surface area contributed by atoms with Gasteiger partial charge in [0.1, 0.15) is 0 Å². The molecule has 1 aromatic rings. The van der Waals surface area contributed by atoms with Crippen LogP contribution in [0.5, 0.6) is 0 Å². The van der Waals surface area contributed by atoms with Gasteiger partial charge in [-0.2, -0.15) is 0 Å². The normalized spacial score (nSPS) is 17.6. The summed E-state index contributed by atoms with van der Waals surface area (Å²) < 4.78 is 11.3. The monoisotopic (exact) mass is 294 g/mol. The van der Waals surface area contributed by atoms with Crippen molar-refractivity contribution in [1.82, 2.24) is 5.32 Å². The minimum absolute atomic E-state index is 0.277. The van der Waals surface area contributed by atoms with Gasteiger partial charge in [0.05, 0.1) is 0 Å². The van der Waals surface area contributed by atoms with E-state index < -0.39 is 10.8 Å². The maximum absolute atomic E-state index is 11.3. The number of benzene rings is 1.